The Morgan fingerprint density at radius 1 is 1.07 bits per heavy atom. The Kier molecular flexibility index (Phi) is 5.79. The number of nitrogens with one attached hydrogen (secondary N) is 1. The Morgan fingerprint density at radius 2 is 1.75 bits per heavy atom. The zero-order valence-corrected chi connectivity index (χ0v) is 16.1. The predicted molar refractivity (Wildman–Crippen MR) is 105 cm³/mol. The zero-order valence-electron chi connectivity index (χ0n) is 15.3. The lowest BCUT2D eigenvalue weighted by atomic mass is 10.2. The van der Waals surface area contributed by atoms with Crippen molar-refractivity contribution in [2.24, 2.45) is 0 Å². The fourth-order valence-corrected chi connectivity index (χ4v) is 4.07. The minimum Gasteiger partial charge on any atom is -0.462 e. The second kappa shape index (κ2) is 8.26. The number of carbonyl (C=O) groups excluding carboxylic acids is 1. The van der Waals surface area contributed by atoms with Gasteiger partial charge in [0, 0.05) is 11.9 Å². The van der Waals surface area contributed by atoms with Gasteiger partial charge in [0.05, 0.1) is 28.5 Å². The van der Waals surface area contributed by atoms with E-state index in [0.29, 0.717) is 11.3 Å². The average Bonchev–Trinajstić information content (AvgIpc) is 3.04. The molecule has 28 heavy (non-hydrogen) atoms. The number of aryl methyl sites for hydroxylation is 1. The smallest absolute Gasteiger partial charge is 0.338 e. The van der Waals surface area contributed by atoms with E-state index in [4.69, 9.17) is 4.74 Å². The summed E-state index contributed by atoms with van der Waals surface area (Å²) in [4.78, 5) is 26.8. The van der Waals surface area contributed by atoms with Gasteiger partial charge in [0.2, 0.25) is 0 Å². The molecule has 3 rings (SSSR count). The number of H-pyrrole nitrogens is 1. The number of hydrogen-bond donors (Lipinski definition) is 1. The highest BCUT2D eigenvalue weighted by atomic mass is 32.2. The van der Waals surface area contributed by atoms with Crippen LogP contribution in [0.3, 0.4) is 0 Å². The first-order valence-electron chi connectivity index (χ1n) is 8.71. The lowest BCUT2D eigenvalue weighted by Crippen LogP contribution is -2.16. The molecule has 0 fully saturated rings. The molecule has 0 saturated heterocycles. The van der Waals surface area contributed by atoms with Gasteiger partial charge in [-0.25, -0.2) is 18.0 Å². The van der Waals surface area contributed by atoms with E-state index in [1.165, 1.54) is 4.57 Å². The molecule has 7 nitrogen and oxygen atoms in total. The molecule has 0 unspecified atom stereocenters. The molecule has 146 valence electrons. The molecule has 0 saturated carbocycles. The maximum absolute atomic E-state index is 12.2. The van der Waals surface area contributed by atoms with E-state index in [2.05, 4.69) is 4.98 Å². The van der Waals surface area contributed by atoms with Crippen molar-refractivity contribution >= 4 is 15.8 Å². The number of imidazole rings is 1. The number of nitrogens with zero attached hydrogens (tertiary/aromatic N) is 1. The van der Waals surface area contributed by atoms with Crippen molar-refractivity contribution in [2.45, 2.75) is 18.2 Å². The van der Waals surface area contributed by atoms with Crippen molar-refractivity contribution in [3.05, 3.63) is 82.5 Å². The van der Waals surface area contributed by atoms with Gasteiger partial charge in [0.1, 0.15) is 0 Å². The van der Waals surface area contributed by atoms with Crippen LogP contribution in [0.2, 0.25) is 0 Å². The van der Waals surface area contributed by atoms with Crippen molar-refractivity contribution in [3.8, 4) is 5.69 Å². The molecule has 1 heterocycles. The molecule has 0 bridgehead atoms. The van der Waals surface area contributed by atoms with E-state index in [-0.39, 0.29) is 29.4 Å². The summed E-state index contributed by atoms with van der Waals surface area (Å²) in [5.74, 6) is -0.638. The standard InChI is InChI=1S/C20H20N2O5S/c1-15-14-21-20(24)22(15)17-10-8-16(9-11-17)19(23)27-12-5-13-28(25,26)18-6-3-2-4-7-18/h2-4,6-11,14H,5,12-13H2,1H3,(H,21,24). The van der Waals surface area contributed by atoms with Crippen molar-refractivity contribution in [1.29, 1.82) is 0 Å². The molecule has 2 aromatic carbocycles. The molecule has 0 atom stereocenters. The highest BCUT2D eigenvalue weighted by Crippen LogP contribution is 2.13. The number of hydrogen-bond acceptors (Lipinski definition) is 5. The molecule has 0 aliphatic heterocycles. The van der Waals surface area contributed by atoms with Gasteiger partial charge < -0.3 is 9.72 Å². The molecule has 0 radical (unpaired) electrons. The highest BCUT2D eigenvalue weighted by Gasteiger charge is 2.14. The summed E-state index contributed by atoms with van der Waals surface area (Å²) in [5.41, 5.74) is 1.46. The first-order valence-corrected chi connectivity index (χ1v) is 10.4. The molecule has 1 aromatic heterocycles. The molecule has 0 spiro atoms. The summed E-state index contributed by atoms with van der Waals surface area (Å²) in [6, 6.07) is 14.6. The number of aromatic nitrogens is 2. The van der Waals surface area contributed by atoms with E-state index in [0.717, 1.165) is 5.69 Å². The molecule has 8 heteroatoms. The van der Waals surface area contributed by atoms with E-state index in [9.17, 15) is 18.0 Å². The first kappa shape index (κ1) is 19.6. The summed E-state index contributed by atoms with van der Waals surface area (Å²) < 4.78 is 31.0. The summed E-state index contributed by atoms with van der Waals surface area (Å²) in [6.07, 6.45) is 1.81. The normalized spacial score (nSPS) is 11.3. The third-order valence-corrected chi connectivity index (χ3v) is 6.03. The van der Waals surface area contributed by atoms with Gasteiger partial charge in [-0.15, -0.1) is 0 Å². The fraction of sp³-hybridized carbons (Fsp3) is 0.200. The van der Waals surface area contributed by atoms with Crippen LogP contribution in [0.4, 0.5) is 0 Å². The number of carbonyl (C=O) groups is 1. The lowest BCUT2D eigenvalue weighted by Gasteiger charge is -2.08. The number of sulfone groups is 1. The molecule has 1 N–H and O–H groups in total. The van der Waals surface area contributed by atoms with Crippen molar-refractivity contribution in [2.75, 3.05) is 12.4 Å². The third kappa shape index (κ3) is 4.40. The minimum atomic E-state index is -3.39. The molecule has 0 amide bonds. The number of benzene rings is 2. The van der Waals surface area contributed by atoms with Crippen molar-refractivity contribution in [1.82, 2.24) is 9.55 Å². The first-order chi connectivity index (χ1) is 13.4. The number of rotatable bonds is 7. The number of ether oxygens (including phenoxy) is 1. The van der Waals surface area contributed by atoms with Gasteiger partial charge >= 0.3 is 11.7 Å². The lowest BCUT2D eigenvalue weighted by molar-refractivity contribution is 0.0505. The second-order valence-corrected chi connectivity index (χ2v) is 8.35. The highest BCUT2D eigenvalue weighted by molar-refractivity contribution is 7.91. The topological polar surface area (TPSA) is 98.2 Å². The minimum absolute atomic E-state index is 0.00300. The Bertz CT molecular complexity index is 1110. The summed E-state index contributed by atoms with van der Waals surface area (Å²) >= 11 is 0. The van der Waals surface area contributed by atoms with Crippen LogP contribution in [0.5, 0.6) is 0 Å². The van der Waals surface area contributed by atoms with Crippen molar-refractivity contribution < 1.29 is 17.9 Å². The predicted octanol–water partition coefficient (Wildman–Crippen LogP) is 2.49. The van der Waals surface area contributed by atoms with E-state index >= 15 is 0 Å². The van der Waals surface area contributed by atoms with Gasteiger partial charge in [-0.05, 0) is 49.7 Å². The SMILES string of the molecule is Cc1c[nH]c(=O)n1-c1ccc(C(=O)OCCCS(=O)(=O)c2ccccc2)cc1. The van der Waals surface area contributed by atoms with Gasteiger partial charge in [-0.3, -0.25) is 4.57 Å². The third-order valence-electron chi connectivity index (χ3n) is 4.21. The molecule has 0 aliphatic carbocycles. The van der Waals surface area contributed by atoms with Gasteiger partial charge in [0.25, 0.3) is 0 Å². The molecular weight excluding hydrogens is 380 g/mol. The molecule has 3 aromatic rings. The maximum atomic E-state index is 12.2. The Hall–Kier alpha value is -3.13. The monoisotopic (exact) mass is 400 g/mol. The zero-order chi connectivity index (χ0) is 20.1. The summed E-state index contributed by atoms with van der Waals surface area (Å²) in [5, 5.41) is 0. The van der Waals surface area contributed by atoms with Crippen LogP contribution in [0, 0.1) is 6.92 Å². The van der Waals surface area contributed by atoms with Gasteiger partial charge in [-0.1, -0.05) is 18.2 Å². The quantitative estimate of drug-likeness (QED) is 0.485. The van der Waals surface area contributed by atoms with E-state index in [1.807, 2.05) is 0 Å². The van der Waals surface area contributed by atoms with Crippen LogP contribution in [0.15, 0.2) is 70.5 Å². The Balaban J connectivity index is 1.55. The molecule has 0 aliphatic rings. The average molecular weight is 400 g/mol. The summed E-state index contributed by atoms with van der Waals surface area (Å²) in [6.45, 7) is 1.80. The van der Waals surface area contributed by atoms with Crippen molar-refractivity contribution in [3.63, 3.8) is 0 Å². The summed E-state index contributed by atoms with van der Waals surface area (Å²) in [7, 11) is -3.39. The number of esters is 1. The molecular formula is C20H20N2O5S. The van der Waals surface area contributed by atoms with Gasteiger partial charge in [-0.2, -0.15) is 0 Å². The Labute approximate surface area is 162 Å². The van der Waals surface area contributed by atoms with Crippen LogP contribution < -0.4 is 5.69 Å². The van der Waals surface area contributed by atoms with Crippen LogP contribution in [0.25, 0.3) is 5.69 Å². The maximum Gasteiger partial charge on any atom is 0.338 e. The van der Waals surface area contributed by atoms with E-state index < -0.39 is 15.8 Å². The van der Waals surface area contributed by atoms with Gasteiger partial charge in [0.15, 0.2) is 9.84 Å². The fourth-order valence-electron chi connectivity index (χ4n) is 2.77. The van der Waals surface area contributed by atoms with Crippen LogP contribution in [0.1, 0.15) is 22.5 Å². The van der Waals surface area contributed by atoms with Crippen LogP contribution >= 0.6 is 0 Å². The second-order valence-electron chi connectivity index (χ2n) is 6.24. The Morgan fingerprint density at radius 3 is 2.36 bits per heavy atom. The van der Waals surface area contributed by atoms with Crippen LogP contribution in [-0.4, -0.2) is 36.3 Å². The largest absolute Gasteiger partial charge is 0.462 e. The number of aromatic amines is 1. The van der Waals surface area contributed by atoms with E-state index in [1.54, 1.807) is 67.7 Å². The van der Waals surface area contributed by atoms with Crippen LogP contribution in [-0.2, 0) is 14.6 Å².